The molecular formula is C15H12N2OS. The molecule has 3 rings (SSSR count). The Balaban J connectivity index is 1.83. The second-order valence-corrected chi connectivity index (χ2v) is 5.01. The quantitative estimate of drug-likeness (QED) is 0.790. The lowest BCUT2D eigenvalue weighted by atomic mass is 10.1. The van der Waals surface area contributed by atoms with Crippen LogP contribution in [0.1, 0.15) is 5.56 Å². The van der Waals surface area contributed by atoms with Gasteiger partial charge >= 0.3 is 0 Å². The third-order valence-electron chi connectivity index (χ3n) is 2.86. The number of fused-ring (bicyclic) bond motifs is 1. The minimum atomic E-state index is -0.00486. The first kappa shape index (κ1) is 11.9. The van der Waals surface area contributed by atoms with E-state index in [9.17, 15) is 4.79 Å². The molecular weight excluding hydrogens is 256 g/mol. The van der Waals surface area contributed by atoms with E-state index < -0.39 is 0 Å². The minimum absolute atomic E-state index is 0.00486. The summed E-state index contributed by atoms with van der Waals surface area (Å²) in [5.41, 5.74) is 2.74. The molecule has 3 aromatic rings. The molecule has 0 saturated heterocycles. The van der Waals surface area contributed by atoms with Crippen LogP contribution in [0.5, 0.6) is 0 Å². The fourth-order valence-corrected chi connectivity index (χ4v) is 2.65. The van der Waals surface area contributed by atoms with Gasteiger partial charge in [-0.3, -0.25) is 9.78 Å². The number of rotatable bonds is 3. The second kappa shape index (κ2) is 5.20. The van der Waals surface area contributed by atoms with Crippen LogP contribution in [0.15, 0.2) is 53.4 Å². The van der Waals surface area contributed by atoms with E-state index in [0.29, 0.717) is 6.42 Å². The van der Waals surface area contributed by atoms with Crippen molar-refractivity contribution in [3.63, 3.8) is 0 Å². The SMILES string of the molecule is O=C(Cc1ccsc1)Nc1cccc2ncccc12. The molecule has 0 spiro atoms. The van der Waals surface area contributed by atoms with E-state index in [4.69, 9.17) is 0 Å². The zero-order chi connectivity index (χ0) is 13.1. The van der Waals surface area contributed by atoms with Crippen molar-refractivity contribution in [3.05, 3.63) is 58.9 Å². The van der Waals surface area contributed by atoms with Crippen molar-refractivity contribution in [2.24, 2.45) is 0 Å². The Hall–Kier alpha value is -2.20. The fourth-order valence-electron chi connectivity index (χ4n) is 1.99. The number of thiophene rings is 1. The lowest BCUT2D eigenvalue weighted by Crippen LogP contribution is -2.14. The maximum Gasteiger partial charge on any atom is 0.228 e. The maximum absolute atomic E-state index is 12.0. The highest BCUT2D eigenvalue weighted by Gasteiger charge is 2.07. The summed E-state index contributed by atoms with van der Waals surface area (Å²) in [6, 6.07) is 11.5. The van der Waals surface area contributed by atoms with Gasteiger partial charge in [0.25, 0.3) is 0 Å². The Morgan fingerprint density at radius 1 is 1.21 bits per heavy atom. The third kappa shape index (κ3) is 2.63. The van der Waals surface area contributed by atoms with E-state index in [1.165, 1.54) is 0 Å². The van der Waals surface area contributed by atoms with Crippen LogP contribution >= 0.6 is 11.3 Å². The number of carbonyl (C=O) groups is 1. The minimum Gasteiger partial charge on any atom is -0.325 e. The zero-order valence-corrected chi connectivity index (χ0v) is 11.0. The van der Waals surface area contributed by atoms with Crippen molar-refractivity contribution in [3.8, 4) is 0 Å². The number of pyridine rings is 1. The normalized spacial score (nSPS) is 10.5. The molecule has 94 valence electrons. The van der Waals surface area contributed by atoms with Gasteiger partial charge < -0.3 is 5.32 Å². The summed E-state index contributed by atoms with van der Waals surface area (Å²) in [7, 11) is 0. The average molecular weight is 268 g/mol. The predicted octanol–water partition coefficient (Wildman–Crippen LogP) is 3.48. The second-order valence-electron chi connectivity index (χ2n) is 4.23. The highest BCUT2D eigenvalue weighted by Crippen LogP contribution is 2.21. The number of nitrogens with zero attached hydrogens (tertiary/aromatic N) is 1. The number of aromatic nitrogens is 1. The Bertz CT molecular complexity index is 702. The molecule has 0 aliphatic rings. The van der Waals surface area contributed by atoms with Gasteiger partial charge in [-0.15, -0.1) is 0 Å². The van der Waals surface area contributed by atoms with Crippen LogP contribution in [0, 0.1) is 0 Å². The van der Waals surface area contributed by atoms with E-state index >= 15 is 0 Å². The molecule has 0 fully saturated rings. The van der Waals surface area contributed by atoms with Crippen LogP contribution in [0.3, 0.4) is 0 Å². The molecule has 0 aliphatic heterocycles. The maximum atomic E-state index is 12.0. The van der Waals surface area contributed by atoms with Gasteiger partial charge in [0.2, 0.25) is 5.91 Å². The van der Waals surface area contributed by atoms with Crippen LogP contribution in [-0.4, -0.2) is 10.9 Å². The van der Waals surface area contributed by atoms with E-state index in [2.05, 4.69) is 10.3 Å². The van der Waals surface area contributed by atoms with Crippen molar-refractivity contribution in [2.75, 3.05) is 5.32 Å². The summed E-state index contributed by atoms with van der Waals surface area (Å²) in [6.45, 7) is 0. The molecule has 0 saturated carbocycles. The summed E-state index contributed by atoms with van der Waals surface area (Å²) in [5, 5.41) is 7.88. The van der Waals surface area contributed by atoms with Crippen LogP contribution in [0.4, 0.5) is 5.69 Å². The van der Waals surface area contributed by atoms with Crippen LogP contribution < -0.4 is 5.32 Å². The highest BCUT2D eigenvalue weighted by atomic mass is 32.1. The van der Waals surface area contributed by atoms with Gasteiger partial charge in [-0.1, -0.05) is 6.07 Å². The number of benzene rings is 1. The molecule has 1 N–H and O–H groups in total. The van der Waals surface area contributed by atoms with Crippen molar-refractivity contribution in [1.82, 2.24) is 4.98 Å². The average Bonchev–Trinajstić information content (AvgIpc) is 2.92. The number of hydrogen-bond acceptors (Lipinski definition) is 3. The van der Waals surface area contributed by atoms with E-state index in [1.54, 1.807) is 17.5 Å². The summed E-state index contributed by atoms with van der Waals surface area (Å²) >= 11 is 1.60. The van der Waals surface area contributed by atoms with E-state index in [1.807, 2.05) is 47.2 Å². The van der Waals surface area contributed by atoms with Crippen molar-refractivity contribution < 1.29 is 4.79 Å². The van der Waals surface area contributed by atoms with Crippen molar-refractivity contribution in [1.29, 1.82) is 0 Å². The van der Waals surface area contributed by atoms with Gasteiger partial charge in [0.1, 0.15) is 0 Å². The summed E-state index contributed by atoms with van der Waals surface area (Å²) < 4.78 is 0. The summed E-state index contributed by atoms with van der Waals surface area (Å²) in [4.78, 5) is 16.3. The van der Waals surface area contributed by atoms with E-state index in [-0.39, 0.29) is 5.91 Å². The van der Waals surface area contributed by atoms with Crippen molar-refractivity contribution in [2.45, 2.75) is 6.42 Å². The van der Waals surface area contributed by atoms with Crippen LogP contribution in [0.2, 0.25) is 0 Å². The van der Waals surface area contributed by atoms with Gasteiger partial charge in [0.15, 0.2) is 0 Å². The Morgan fingerprint density at radius 3 is 3.00 bits per heavy atom. The zero-order valence-electron chi connectivity index (χ0n) is 10.2. The summed E-state index contributed by atoms with van der Waals surface area (Å²) in [5.74, 6) is -0.00486. The molecule has 0 radical (unpaired) electrons. The molecule has 0 aliphatic carbocycles. The standard InChI is InChI=1S/C15H12N2OS/c18-15(9-11-6-8-19-10-11)17-14-5-1-4-13-12(14)3-2-7-16-13/h1-8,10H,9H2,(H,17,18). The first-order valence-electron chi connectivity index (χ1n) is 5.97. The van der Waals surface area contributed by atoms with Gasteiger partial charge in [0, 0.05) is 11.6 Å². The predicted molar refractivity (Wildman–Crippen MR) is 78.4 cm³/mol. The topological polar surface area (TPSA) is 42.0 Å². The molecule has 0 unspecified atom stereocenters. The third-order valence-corrected chi connectivity index (χ3v) is 3.60. The highest BCUT2D eigenvalue weighted by molar-refractivity contribution is 7.08. The van der Waals surface area contributed by atoms with Crippen LogP contribution in [-0.2, 0) is 11.2 Å². The number of amides is 1. The molecule has 3 nitrogen and oxygen atoms in total. The molecule has 1 aromatic carbocycles. The van der Waals surface area contributed by atoms with Gasteiger partial charge in [-0.25, -0.2) is 0 Å². The molecule has 19 heavy (non-hydrogen) atoms. The van der Waals surface area contributed by atoms with Crippen LogP contribution in [0.25, 0.3) is 10.9 Å². The largest absolute Gasteiger partial charge is 0.325 e. The summed E-state index contributed by atoms with van der Waals surface area (Å²) in [6.07, 6.45) is 2.15. The Kier molecular flexibility index (Phi) is 3.25. The number of carbonyl (C=O) groups excluding carboxylic acids is 1. The smallest absolute Gasteiger partial charge is 0.228 e. The lowest BCUT2D eigenvalue weighted by Gasteiger charge is -2.07. The first-order valence-corrected chi connectivity index (χ1v) is 6.92. The Morgan fingerprint density at radius 2 is 2.16 bits per heavy atom. The fraction of sp³-hybridized carbons (Fsp3) is 0.0667. The lowest BCUT2D eigenvalue weighted by molar-refractivity contribution is -0.115. The molecule has 0 bridgehead atoms. The molecule has 2 aromatic heterocycles. The Labute approximate surface area is 114 Å². The van der Waals surface area contributed by atoms with Crippen molar-refractivity contribution >= 4 is 33.8 Å². The van der Waals surface area contributed by atoms with Gasteiger partial charge in [-0.05, 0) is 46.7 Å². The van der Waals surface area contributed by atoms with E-state index in [0.717, 1.165) is 22.2 Å². The first-order chi connectivity index (χ1) is 9.33. The number of nitrogens with one attached hydrogen (secondary N) is 1. The monoisotopic (exact) mass is 268 g/mol. The van der Waals surface area contributed by atoms with Gasteiger partial charge in [-0.2, -0.15) is 11.3 Å². The molecule has 4 heteroatoms. The molecule has 2 heterocycles. The number of anilines is 1. The van der Waals surface area contributed by atoms with Gasteiger partial charge in [0.05, 0.1) is 17.6 Å². The molecule has 0 atom stereocenters. The molecule has 1 amide bonds. The number of hydrogen-bond donors (Lipinski definition) is 1.